The van der Waals surface area contributed by atoms with Gasteiger partial charge in [0.15, 0.2) is 11.6 Å². The molecule has 2 aliphatic rings. The maximum atomic E-state index is 12.6. The second-order valence-electron chi connectivity index (χ2n) is 18.2. The molecule has 2 atom stereocenters. The molecule has 0 amide bonds. The third-order valence-electron chi connectivity index (χ3n) is 13.7. The van der Waals surface area contributed by atoms with E-state index in [1.165, 1.54) is 88.2 Å². The zero-order valence-electron chi connectivity index (χ0n) is 36.5. The van der Waals surface area contributed by atoms with Crippen molar-refractivity contribution < 1.29 is 4.79 Å². The molecule has 60 heavy (non-hydrogen) atoms. The molecule has 2 unspecified atom stereocenters. The molecule has 2 aliphatic carbocycles. The van der Waals surface area contributed by atoms with Gasteiger partial charge in [0.25, 0.3) is 0 Å². The van der Waals surface area contributed by atoms with Crippen molar-refractivity contribution >= 4 is 5.78 Å². The molecular weight excluding hydrogens is 737 g/mol. The molecule has 0 N–H and O–H groups in total. The highest BCUT2D eigenvalue weighted by Gasteiger charge is 2.29. The minimum Gasteiger partial charge on any atom is -0.300 e. The molecule has 316 valence electrons. The Labute approximate surface area is 360 Å². The van der Waals surface area contributed by atoms with Crippen molar-refractivity contribution in [1.29, 1.82) is 10.5 Å². The van der Waals surface area contributed by atoms with Crippen LogP contribution in [0.5, 0.6) is 0 Å². The van der Waals surface area contributed by atoms with Crippen LogP contribution in [0.1, 0.15) is 152 Å². The van der Waals surface area contributed by atoms with E-state index >= 15 is 0 Å². The fourth-order valence-corrected chi connectivity index (χ4v) is 10.0. The normalized spacial score (nSPS) is 20.1. The molecule has 4 aromatic rings. The fraction of sp³-hybridized carbons (Fsp3) is 0.566. The standard InChI is InChI=1S/C53H68N6O/c1-3-9-39-15-23-45(24-16-39)49(33-54)31-43-35-56-52(57-36-43)47-27-19-41(20-28-47)11-5-7-13-51(60)14-8-6-12-42-21-29-48(30-22-42)53-58-37-44(38-59-53)32-50(34-55)46-25-17-40(10-4-2)18-26-46/h19-22,27-30,35-40,45-46,49-50H,3-18,23-26,31-32H2,1-2H3/t39-,40-,45-,46-,49?,50?. The minimum absolute atomic E-state index is 0.0412. The monoisotopic (exact) mass is 805 g/mol. The number of rotatable bonds is 22. The zero-order valence-corrected chi connectivity index (χ0v) is 36.5. The second kappa shape index (κ2) is 23.9. The Hall–Kier alpha value is -4.75. The van der Waals surface area contributed by atoms with Gasteiger partial charge < -0.3 is 0 Å². The number of nitrogens with zero attached hydrogens (tertiary/aromatic N) is 6. The average molecular weight is 805 g/mol. The van der Waals surface area contributed by atoms with E-state index in [-0.39, 0.29) is 11.8 Å². The van der Waals surface area contributed by atoms with Crippen molar-refractivity contribution in [3.63, 3.8) is 0 Å². The molecule has 0 aliphatic heterocycles. The van der Waals surface area contributed by atoms with E-state index in [9.17, 15) is 15.3 Å². The van der Waals surface area contributed by atoms with Gasteiger partial charge in [0, 0.05) is 48.8 Å². The van der Waals surface area contributed by atoms with E-state index in [1.54, 1.807) is 0 Å². The smallest absolute Gasteiger partial charge is 0.159 e. The summed E-state index contributed by atoms with van der Waals surface area (Å²) in [6.07, 6.45) is 31.0. The van der Waals surface area contributed by atoms with E-state index < -0.39 is 0 Å². The van der Waals surface area contributed by atoms with Gasteiger partial charge in [-0.25, -0.2) is 19.9 Å². The van der Waals surface area contributed by atoms with E-state index in [1.807, 2.05) is 24.8 Å². The number of Topliss-reactive ketones (excluding diaryl/α,β-unsaturated/α-hetero) is 1. The molecule has 0 bridgehead atoms. The minimum atomic E-state index is 0.0412. The molecule has 2 fully saturated rings. The van der Waals surface area contributed by atoms with E-state index in [4.69, 9.17) is 0 Å². The number of ketones is 1. The van der Waals surface area contributed by atoms with Gasteiger partial charge in [-0.15, -0.1) is 0 Å². The van der Waals surface area contributed by atoms with E-state index in [0.717, 1.165) is 85.5 Å². The fourth-order valence-electron chi connectivity index (χ4n) is 10.0. The first kappa shape index (κ1) is 44.8. The Bertz CT molecular complexity index is 1800. The molecule has 2 heterocycles. The summed E-state index contributed by atoms with van der Waals surface area (Å²) >= 11 is 0. The van der Waals surface area contributed by atoms with Gasteiger partial charge in [0.05, 0.1) is 24.0 Å². The van der Waals surface area contributed by atoms with Crippen molar-refractivity contribution in [3.05, 3.63) is 95.6 Å². The summed E-state index contributed by atoms with van der Waals surface area (Å²) in [4.78, 5) is 31.3. The maximum Gasteiger partial charge on any atom is 0.159 e. The van der Waals surface area contributed by atoms with Gasteiger partial charge in [-0.1, -0.05) is 114 Å². The Balaban J connectivity index is 0.832. The number of hydrogen-bond donors (Lipinski definition) is 0. The predicted octanol–water partition coefficient (Wildman–Crippen LogP) is 12.9. The number of carbonyl (C=O) groups is 1. The second-order valence-corrected chi connectivity index (χ2v) is 18.2. The maximum absolute atomic E-state index is 12.6. The van der Waals surface area contributed by atoms with Crippen molar-refractivity contribution in [2.24, 2.45) is 35.5 Å². The first-order valence-corrected chi connectivity index (χ1v) is 23.6. The molecule has 7 heteroatoms. The lowest BCUT2D eigenvalue weighted by Crippen LogP contribution is -2.22. The van der Waals surface area contributed by atoms with Crippen LogP contribution in [0.15, 0.2) is 73.3 Å². The number of aromatic nitrogens is 4. The van der Waals surface area contributed by atoms with Gasteiger partial charge in [-0.2, -0.15) is 10.5 Å². The highest BCUT2D eigenvalue weighted by Crippen LogP contribution is 2.38. The number of unbranched alkanes of at least 4 members (excludes halogenated alkanes) is 2. The molecule has 2 aromatic heterocycles. The van der Waals surface area contributed by atoms with Gasteiger partial charge in [0.2, 0.25) is 0 Å². The van der Waals surface area contributed by atoms with Crippen molar-refractivity contribution in [2.45, 2.75) is 155 Å². The molecular formula is C53H68N6O. The third-order valence-corrected chi connectivity index (χ3v) is 13.7. The largest absolute Gasteiger partial charge is 0.300 e. The van der Waals surface area contributed by atoms with Gasteiger partial charge in [0.1, 0.15) is 5.78 Å². The molecule has 7 nitrogen and oxygen atoms in total. The first-order valence-electron chi connectivity index (χ1n) is 23.6. The summed E-state index contributed by atoms with van der Waals surface area (Å²) in [6, 6.07) is 22.2. The summed E-state index contributed by atoms with van der Waals surface area (Å²) in [7, 11) is 0. The van der Waals surface area contributed by atoms with Crippen LogP contribution in [-0.2, 0) is 30.5 Å². The highest BCUT2D eigenvalue weighted by molar-refractivity contribution is 5.78. The lowest BCUT2D eigenvalue weighted by molar-refractivity contribution is -0.119. The van der Waals surface area contributed by atoms with E-state index in [0.29, 0.717) is 42.1 Å². The van der Waals surface area contributed by atoms with Crippen LogP contribution in [0, 0.1) is 58.2 Å². The highest BCUT2D eigenvalue weighted by atomic mass is 16.1. The summed E-state index contributed by atoms with van der Waals surface area (Å²) in [5, 5.41) is 19.8. The number of hydrogen-bond acceptors (Lipinski definition) is 7. The zero-order chi connectivity index (χ0) is 41.9. The van der Waals surface area contributed by atoms with Crippen LogP contribution in [0.3, 0.4) is 0 Å². The molecule has 6 rings (SSSR count). The van der Waals surface area contributed by atoms with Gasteiger partial charge >= 0.3 is 0 Å². The van der Waals surface area contributed by atoms with Crippen LogP contribution >= 0.6 is 0 Å². The Morgan fingerprint density at radius 3 is 1.25 bits per heavy atom. The van der Waals surface area contributed by atoms with Crippen LogP contribution in [-0.4, -0.2) is 25.7 Å². The average Bonchev–Trinajstić information content (AvgIpc) is 3.29. The molecule has 0 saturated heterocycles. The molecule has 2 saturated carbocycles. The quantitative estimate of drug-likeness (QED) is 0.0726. The number of benzene rings is 2. The third kappa shape index (κ3) is 13.6. The Kier molecular flexibility index (Phi) is 17.8. The topological polar surface area (TPSA) is 116 Å². The van der Waals surface area contributed by atoms with Gasteiger partial charge in [-0.05, 0) is 123 Å². The SMILES string of the molecule is CCC[C@H]1CC[C@H](C(C#N)Cc2cnc(-c3ccc(CCCCC(=O)CCCCc4ccc(-c5ncc(CC(C#N)[C@H]6CC[C@H](CCC)CC6)cn5)cc4)cc3)nc2)CC1. The van der Waals surface area contributed by atoms with Crippen molar-refractivity contribution in [1.82, 2.24) is 19.9 Å². The van der Waals surface area contributed by atoms with Crippen LogP contribution in [0.25, 0.3) is 22.8 Å². The molecule has 0 spiro atoms. The van der Waals surface area contributed by atoms with Crippen molar-refractivity contribution in [3.8, 4) is 34.9 Å². The number of aryl methyl sites for hydroxylation is 2. The lowest BCUT2D eigenvalue weighted by Gasteiger charge is -2.31. The van der Waals surface area contributed by atoms with Gasteiger partial charge in [-0.3, -0.25) is 4.79 Å². The number of nitriles is 2. The molecule has 2 aromatic carbocycles. The van der Waals surface area contributed by atoms with Crippen LogP contribution < -0.4 is 0 Å². The summed E-state index contributed by atoms with van der Waals surface area (Å²) < 4.78 is 0. The molecule has 0 radical (unpaired) electrons. The van der Waals surface area contributed by atoms with Crippen LogP contribution in [0.4, 0.5) is 0 Å². The van der Waals surface area contributed by atoms with Crippen molar-refractivity contribution in [2.75, 3.05) is 0 Å². The summed E-state index contributed by atoms with van der Waals surface area (Å²) in [5.41, 5.74) is 6.62. The van der Waals surface area contributed by atoms with Crippen LogP contribution in [0.2, 0.25) is 0 Å². The Morgan fingerprint density at radius 1 is 0.550 bits per heavy atom. The summed E-state index contributed by atoms with van der Waals surface area (Å²) in [6.45, 7) is 4.54. The summed E-state index contributed by atoms with van der Waals surface area (Å²) in [5.74, 6) is 4.55. The lowest BCUT2D eigenvalue weighted by atomic mass is 9.73. The Morgan fingerprint density at radius 2 is 0.917 bits per heavy atom. The number of carbonyl (C=O) groups excluding carboxylic acids is 1. The van der Waals surface area contributed by atoms with E-state index in [2.05, 4.69) is 94.5 Å². The predicted molar refractivity (Wildman–Crippen MR) is 241 cm³/mol. The first-order chi connectivity index (χ1) is 29.4.